The first-order valence-corrected chi connectivity index (χ1v) is 4.58. The molecule has 1 aromatic rings. The number of benzene rings is 1. The highest BCUT2D eigenvalue weighted by molar-refractivity contribution is 5.82. The summed E-state index contributed by atoms with van der Waals surface area (Å²) in [6, 6.07) is 5.88. The molecule has 0 spiro atoms. The first kappa shape index (κ1) is 11.7. The number of methoxy groups -OCH3 is 1. The molecule has 0 aliphatic heterocycles. The van der Waals surface area contributed by atoms with Crippen LogP contribution in [-0.2, 0) is 15.1 Å². The van der Waals surface area contributed by atoms with Crippen molar-refractivity contribution in [1.82, 2.24) is 5.32 Å². The minimum Gasteiger partial charge on any atom is -0.467 e. The Bertz CT molecular complexity index is 367. The highest BCUT2D eigenvalue weighted by Crippen LogP contribution is 2.22. The van der Waals surface area contributed by atoms with Gasteiger partial charge in [-0.1, -0.05) is 12.1 Å². The molecule has 1 rings (SSSR count). The Hall–Kier alpha value is -1.42. The summed E-state index contributed by atoms with van der Waals surface area (Å²) in [5.41, 5.74) is -0.478. The predicted molar refractivity (Wildman–Crippen MR) is 54.8 cm³/mol. The van der Waals surface area contributed by atoms with Crippen LogP contribution < -0.4 is 5.32 Å². The van der Waals surface area contributed by atoms with Gasteiger partial charge in [0.15, 0.2) is 0 Å². The number of rotatable bonds is 3. The Balaban J connectivity index is 3.16. The normalized spacial score (nSPS) is 14.4. The lowest BCUT2D eigenvalue weighted by molar-refractivity contribution is -0.148. The minimum absolute atomic E-state index is 0.377. The second-order valence-electron chi connectivity index (χ2n) is 3.38. The van der Waals surface area contributed by atoms with Crippen LogP contribution in [0.5, 0.6) is 0 Å². The van der Waals surface area contributed by atoms with Gasteiger partial charge in [0.1, 0.15) is 11.4 Å². The highest BCUT2D eigenvalue weighted by atomic mass is 19.1. The number of hydrogen-bond donors (Lipinski definition) is 1. The lowest BCUT2D eigenvalue weighted by atomic mass is 9.92. The predicted octanol–water partition coefficient (Wildman–Crippen LogP) is 1.43. The molecule has 0 fully saturated rings. The molecule has 0 aliphatic rings. The lowest BCUT2D eigenvalue weighted by Crippen LogP contribution is -2.45. The molecule has 0 amide bonds. The fourth-order valence-corrected chi connectivity index (χ4v) is 1.37. The van der Waals surface area contributed by atoms with Crippen LogP contribution in [-0.4, -0.2) is 20.1 Å². The fourth-order valence-electron chi connectivity index (χ4n) is 1.37. The number of hydrogen-bond acceptors (Lipinski definition) is 3. The average Bonchev–Trinajstić information content (AvgIpc) is 2.26. The van der Waals surface area contributed by atoms with Gasteiger partial charge in [0, 0.05) is 0 Å². The molecule has 0 aromatic heterocycles. The molecule has 1 N–H and O–H groups in total. The number of nitrogens with one attached hydrogen (secondary N) is 1. The summed E-state index contributed by atoms with van der Waals surface area (Å²) in [5, 5.41) is 2.83. The SMILES string of the molecule is CNC(C)(C(=O)OC)c1cccc(F)c1. The summed E-state index contributed by atoms with van der Waals surface area (Å²) in [6.07, 6.45) is 0. The third-order valence-corrected chi connectivity index (χ3v) is 2.50. The summed E-state index contributed by atoms with van der Waals surface area (Å²) in [5.74, 6) is -0.825. The van der Waals surface area contributed by atoms with Crippen LogP contribution in [0.2, 0.25) is 0 Å². The second kappa shape index (κ2) is 4.40. The third-order valence-electron chi connectivity index (χ3n) is 2.50. The largest absolute Gasteiger partial charge is 0.467 e. The zero-order valence-electron chi connectivity index (χ0n) is 9.00. The smallest absolute Gasteiger partial charge is 0.330 e. The lowest BCUT2D eigenvalue weighted by Gasteiger charge is -2.26. The van der Waals surface area contributed by atoms with Gasteiger partial charge in [-0.25, -0.2) is 9.18 Å². The van der Waals surface area contributed by atoms with Gasteiger partial charge in [-0.05, 0) is 31.7 Å². The zero-order chi connectivity index (χ0) is 11.5. The van der Waals surface area contributed by atoms with E-state index in [1.807, 2.05) is 0 Å². The minimum atomic E-state index is -1.02. The van der Waals surface area contributed by atoms with Gasteiger partial charge in [-0.2, -0.15) is 0 Å². The number of ether oxygens (including phenoxy) is 1. The van der Waals surface area contributed by atoms with Crippen molar-refractivity contribution < 1.29 is 13.9 Å². The van der Waals surface area contributed by atoms with Crippen LogP contribution in [0.25, 0.3) is 0 Å². The Morgan fingerprint density at radius 1 is 1.53 bits per heavy atom. The quantitative estimate of drug-likeness (QED) is 0.769. The molecule has 3 nitrogen and oxygen atoms in total. The molecule has 0 bridgehead atoms. The Morgan fingerprint density at radius 2 is 2.20 bits per heavy atom. The molecule has 0 saturated carbocycles. The van der Waals surface area contributed by atoms with Crippen LogP contribution in [0.1, 0.15) is 12.5 Å². The van der Waals surface area contributed by atoms with Crippen molar-refractivity contribution in [3.63, 3.8) is 0 Å². The number of likely N-dealkylation sites (N-methyl/N-ethyl adjacent to an activating group) is 1. The van der Waals surface area contributed by atoms with E-state index in [0.717, 1.165) is 0 Å². The number of halogens is 1. The molecule has 82 valence electrons. The van der Waals surface area contributed by atoms with Crippen LogP contribution in [0.3, 0.4) is 0 Å². The molecule has 4 heteroatoms. The second-order valence-corrected chi connectivity index (χ2v) is 3.38. The maximum Gasteiger partial charge on any atom is 0.330 e. The van der Waals surface area contributed by atoms with Crippen LogP contribution in [0, 0.1) is 5.82 Å². The van der Waals surface area contributed by atoms with E-state index in [2.05, 4.69) is 10.1 Å². The Labute approximate surface area is 88.2 Å². The van der Waals surface area contributed by atoms with E-state index in [0.29, 0.717) is 5.56 Å². The number of esters is 1. The Morgan fingerprint density at radius 3 is 2.67 bits per heavy atom. The first-order chi connectivity index (χ1) is 7.04. The molecule has 0 aliphatic carbocycles. The molecule has 0 radical (unpaired) electrons. The number of carbonyl (C=O) groups is 1. The maximum absolute atomic E-state index is 13.0. The van der Waals surface area contributed by atoms with E-state index in [4.69, 9.17) is 0 Å². The third kappa shape index (κ3) is 2.15. The topological polar surface area (TPSA) is 38.3 Å². The van der Waals surface area contributed by atoms with Crippen molar-refractivity contribution in [3.05, 3.63) is 35.6 Å². The highest BCUT2D eigenvalue weighted by Gasteiger charge is 2.34. The molecule has 0 heterocycles. The van der Waals surface area contributed by atoms with Crippen LogP contribution >= 0.6 is 0 Å². The van der Waals surface area contributed by atoms with Gasteiger partial charge in [0.25, 0.3) is 0 Å². The molecule has 15 heavy (non-hydrogen) atoms. The standard InChI is InChI=1S/C11H14FNO2/c1-11(13-2,10(14)15-3)8-5-4-6-9(12)7-8/h4-7,13H,1-3H3. The first-order valence-electron chi connectivity index (χ1n) is 4.58. The summed E-state index contributed by atoms with van der Waals surface area (Å²) in [7, 11) is 2.93. The van der Waals surface area contributed by atoms with E-state index < -0.39 is 11.5 Å². The van der Waals surface area contributed by atoms with E-state index in [1.54, 1.807) is 26.1 Å². The van der Waals surface area contributed by atoms with Gasteiger partial charge in [0.2, 0.25) is 0 Å². The van der Waals surface area contributed by atoms with Crippen molar-refractivity contribution in [3.8, 4) is 0 Å². The molecular weight excluding hydrogens is 197 g/mol. The Kier molecular flexibility index (Phi) is 3.42. The summed E-state index contributed by atoms with van der Waals surface area (Å²) >= 11 is 0. The molecule has 1 aromatic carbocycles. The van der Waals surface area contributed by atoms with Crippen molar-refractivity contribution >= 4 is 5.97 Å². The van der Waals surface area contributed by atoms with E-state index in [1.165, 1.54) is 19.2 Å². The van der Waals surface area contributed by atoms with Crippen molar-refractivity contribution in [2.24, 2.45) is 0 Å². The van der Waals surface area contributed by atoms with E-state index >= 15 is 0 Å². The van der Waals surface area contributed by atoms with Gasteiger partial charge in [0.05, 0.1) is 7.11 Å². The molecule has 1 unspecified atom stereocenters. The maximum atomic E-state index is 13.0. The summed E-state index contributed by atoms with van der Waals surface area (Å²) in [4.78, 5) is 11.6. The molecule has 1 atom stereocenters. The zero-order valence-corrected chi connectivity index (χ0v) is 9.00. The van der Waals surface area contributed by atoms with Gasteiger partial charge in [-0.15, -0.1) is 0 Å². The van der Waals surface area contributed by atoms with Crippen molar-refractivity contribution in [2.45, 2.75) is 12.5 Å². The average molecular weight is 211 g/mol. The van der Waals surface area contributed by atoms with E-state index in [-0.39, 0.29) is 5.82 Å². The molecule has 0 saturated heterocycles. The van der Waals surface area contributed by atoms with Gasteiger partial charge in [-0.3, -0.25) is 0 Å². The fraction of sp³-hybridized carbons (Fsp3) is 0.364. The van der Waals surface area contributed by atoms with Crippen molar-refractivity contribution in [2.75, 3.05) is 14.2 Å². The monoisotopic (exact) mass is 211 g/mol. The van der Waals surface area contributed by atoms with Gasteiger partial charge < -0.3 is 10.1 Å². The van der Waals surface area contributed by atoms with Gasteiger partial charge >= 0.3 is 5.97 Å². The summed E-state index contributed by atoms with van der Waals surface area (Å²) < 4.78 is 17.7. The van der Waals surface area contributed by atoms with Crippen LogP contribution in [0.4, 0.5) is 4.39 Å². The van der Waals surface area contributed by atoms with Crippen LogP contribution in [0.15, 0.2) is 24.3 Å². The van der Waals surface area contributed by atoms with Crippen molar-refractivity contribution in [1.29, 1.82) is 0 Å². The molecular formula is C11H14FNO2. The number of carbonyl (C=O) groups excluding carboxylic acids is 1. The van der Waals surface area contributed by atoms with E-state index in [9.17, 15) is 9.18 Å². The summed E-state index contributed by atoms with van der Waals surface area (Å²) in [6.45, 7) is 1.65.